The van der Waals surface area contributed by atoms with Crippen molar-refractivity contribution in [3.8, 4) is 0 Å². The van der Waals surface area contributed by atoms with Crippen molar-refractivity contribution in [2.45, 2.75) is 13.0 Å². The molecule has 0 aromatic rings. The molecule has 1 saturated heterocycles. The smallest absolute Gasteiger partial charge is 0.246 e. The minimum Gasteiger partial charge on any atom is -0.496 e. The third kappa shape index (κ3) is 2.77. The largest absolute Gasteiger partial charge is 0.496 e. The van der Waals surface area contributed by atoms with Gasteiger partial charge in [0.15, 0.2) is 0 Å². The van der Waals surface area contributed by atoms with Crippen LogP contribution < -0.4 is 10.6 Å². The molecule has 0 aliphatic carbocycles. The molecule has 1 rings (SSSR count). The standard InChI is InChI=1S/C8H12N2O3/c1-5(2)13-4-6-8(12)9-3-7(11)10-6/h6H,1,3-4H2,2H3,(H,9,12)(H,10,11)/t6-/m1/s1. The first kappa shape index (κ1) is 9.57. The Balaban J connectivity index is 2.42. The Hall–Kier alpha value is -1.52. The monoisotopic (exact) mass is 184 g/mol. The minimum atomic E-state index is -0.599. The van der Waals surface area contributed by atoms with Gasteiger partial charge in [-0.2, -0.15) is 0 Å². The van der Waals surface area contributed by atoms with Gasteiger partial charge < -0.3 is 15.4 Å². The number of ether oxygens (including phenoxy) is 1. The van der Waals surface area contributed by atoms with Gasteiger partial charge in [-0.05, 0) is 6.92 Å². The Kier molecular flexibility index (Phi) is 2.89. The summed E-state index contributed by atoms with van der Waals surface area (Å²) in [6, 6.07) is -0.599. The van der Waals surface area contributed by atoms with Crippen molar-refractivity contribution in [3.05, 3.63) is 12.3 Å². The molecule has 13 heavy (non-hydrogen) atoms. The molecule has 2 N–H and O–H groups in total. The fraction of sp³-hybridized carbons (Fsp3) is 0.500. The predicted molar refractivity (Wildman–Crippen MR) is 45.7 cm³/mol. The van der Waals surface area contributed by atoms with Crippen LogP contribution in [0.2, 0.25) is 0 Å². The predicted octanol–water partition coefficient (Wildman–Crippen LogP) is -0.849. The van der Waals surface area contributed by atoms with Crippen molar-refractivity contribution < 1.29 is 14.3 Å². The Morgan fingerprint density at radius 2 is 2.38 bits per heavy atom. The van der Waals surface area contributed by atoms with Crippen LogP contribution in [0.25, 0.3) is 0 Å². The molecule has 1 aliphatic rings. The number of hydrogen-bond acceptors (Lipinski definition) is 3. The SMILES string of the molecule is C=C(C)OC[C@H]1NC(=O)CNC1=O. The first-order valence-electron chi connectivity index (χ1n) is 3.95. The number of amides is 2. The maximum absolute atomic E-state index is 11.1. The first-order chi connectivity index (χ1) is 6.09. The molecule has 1 aliphatic heterocycles. The molecule has 0 radical (unpaired) electrons. The maximum Gasteiger partial charge on any atom is 0.246 e. The molecule has 5 heteroatoms. The van der Waals surface area contributed by atoms with E-state index in [4.69, 9.17) is 4.74 Å². The van der Waals surface area contributed by atoms with E-state index in [1.54, 1.807) is 6.92 Å². The van der Waals surface area contributed by atoms with Gasteiger partial charge in [0.05, 0.1) is 12.3 Å². The Bertz CT molecular complexity index is 250. The van der Waals surface area contributed by atoms with Crippen molar-refractivity contribution in [1.29, 1.82) is 0 Å². The van der Waals surface area contributed by atoms with Crippen molar-refractivity contribution >= 4 is 11.8 Å². The van der Waals surface area contributed by atoms with Gasteiger partial charge in [-0.1, -0.05) is 6.58 Å². The van der Waals surface area contributed by atoms with E-state index >= 15 is 0 Å². The Labute approximate surface area is 76.1 Å². The van der Waals surface area contributed by atoms with Crippen molar-refractivity contribution in [1.82, 2.24) is 10.6 Å². The Morgan fingerprint density at radius 3 is 3.00 bits per heavy atom. The number of rotatable bonds is 3. The summed E-state index contributed by atoms with van der Waals surface area (Å²) in [5.41, 5.74) is 0. The van der Waals surface area contributed by atoms with Gasteiger partial charge in [0.1, 0.15) is 12.6 Å². The van der Waals surface area contributed by atoms with Crippen molar-refractivity contribution in [3.63, 3.8) is 0 Å². The van der Waals surface area contributed by atoms with Crippen molar-refractivity contribution in [2.75, 3.05) is 13.2 Å². The van der Waals surface area contributed by atoms with E-state index in [0.29, 0.717) is 5.76 Å². The molecule has 0 bridgehead atoms. The second-order valence-electron chi connectivity index (χ2n) is 2.85. The molecule has 0 spiro atoms. The summed E-state index contributed by atoms with van der Waals surface area (Å²) in [4.78, 5) is 22.0. The maximum atomic E-state index is 11.1. The van der Waals surface area contributed by atoms with Gasteiger partial charge in [-0.15, -0.1) is 0 Å². The molecule has 2 amide bonds. The van der Waals surface area contributed by atoms with E-state index in [0.717, 1.165) is 0 Å². The molecule has 5 nitrogen and oxygen atoms in total. The lowest BCUT2D eigenvalue weighted by Gasteiger charge is -2.23. The molecule has 1 fully saturated rings. The third-order valence-electron chi connectivity index (χ3n) is 1.57. The summed E-state index contributed by atoms with van der Waals surface area (Å²) in [6.07, 6.45) is 0. The van der Waals surface area contributed by atoms with Crippen LogP contribution in [0.4, 0.5) is 0 Å². The van der Waals surface area contributed by atoms with Crippen LogP contribution in [0.3, 0.4) is 0 Å². The number of carbonyl (C=O) groups excluding carboxylic acids is 2. The zero-order valence-corrected chi connectivity index (χ0v) is 7.42. The average Bonchev–Trinajstić information content (AvgIpc) is 2.06. The highest BCUT2D eigenvalue weighted by atomic mass is 16.5. The molecule has 0 aromatic heterocycles. The van der Waals surface area contributed by atoms with Crippen LogP contribution >= 0.6 is 0 Å². The molecule has 0 aromatic carbocycles. The molecule has 1 heterocycles. The highest BCUT2D eigenvalue weighted by Crippen LogP contribution is 1.96. The molecule has 72 valence electrons. The third-order valence-corrected chi connectivity index (χ3v) is 1.57. The van der Waals surface area contributed by atoms with E-state index in [1.807, 2.05) is 0 Å². The van der Waals surface area contributed by atoms with Crippen LogP contribution in [0.5, 0.6) is 0 Å². The highest BCUT2D eigenvalue weighted by Gasteiger charge is 2.26. The van der Waals surface area contributed by atoms with Gasteiger partial charge in [-0.25, -0.2) is 0 Å². The average molecular weight is 184 g/mol. The zero-order valence-electron chi connectivity index (χ0n) is 7.42. The van der Waals surface area contributed by atoms with Crippen LogP contribution in [0, 0.1) is 0 Å². The first-order valence-corrected chi connectivity index (χ1v) is 3.95. The van der Waals surface area contributed by atoms with Gasteiger partial charge in [0.2, 0.25) is 11.8 Å². The van der Waals surface area contributed by atoms with E-state index < -0.39 is 6.04 Å². The van der Waals surface area contributed by atoms with Gasteiger partial charge in [-0.3, -0.25) is 9.59 Å². The summed E-state index contributed by atoms with van der Waals surface area (Å²) in [5.74, 6) is 0.100. The molecule has 0 unspecified atom stereocenters. The summed E-state index contributed by atoms with van der Waals surface area (Å²) in [5, 5.41) is 4.95. The molecule has 1 atom stereocenters. The lowest BCUT2D eigenvalue weighted by Crippen LogP contribution is -2.57. The fourth-order valence-corrected chi connectivity index (χ4v) is 0.944. The molecular weight excluding hydrogens is 172 g/mol. The number of carbonyl (C=O) groups is 2. The van der Waals surface area contributed by atoms with E-state index in [1.165, 1.54) is 0 Å². The Morgan fingerprint density at radius 1 is 1.69 bits per heavy atom. The number of hydrogen-bond donors (Lipinski definition) is 2. The van der Waals surface area contributed by atoms with Crippen LogP contribution in [-0.2, 0) is 14.3 Å². The van der Waals surface area contributed by atoms with Gasteiger partial charge in [0, 0.05) is 0 Å². The van der Waals surface area contributed by atoms with Gasteiger partial charge >= 0.3 is 0 Å². The highest BCUT2D eigenvalue weighted by molar-refractivity contribution is 5.94. The summed E-state index contributed by atoms with van der Waals surface area (Å²) < 4.78 is 5.03. The van der Waals surface area contributed by atoms with Crippen LogP contribution in [0.1, 0.15) is 6.92 Å². The summed E-state index contributed by atoms with van der Waals surface area (Å²) in [6.45, 7) is 5.38. The lowest BCUT2D eigenvalue weighted by atomic mass is 10.2. The summed E-state index contributed by atoms with van der Waals surface area (Å²) in [7, 11) is 0. The summed E-state index contributed by atoms with van der Waals surface area (Å²) >= 11 is 0. The topological polar surface area (TPSA) is 67.4 Å². The van der Waals surface area contributed by atoms with E-state index in [2.05, 4.69) is 17.2 Å². The fourth-order valence-electron chi connectivity index (χ4n) is 0.944. The number of nitrogens with one attached hydrogen (secondary N) is 2. The van der Waals surface area contributed by atoms with Crippen LogP contribution in [0.15, 0.2) is 12.3 Å². The molecule has 0 saturated carbocycles. The second kappa shape index (κ2) is 3.93. The second-order valence-corrected chi connectivity index (χ2v) is 2.85. The van der Waals surface area contributed by atoms with E-state index in [9.17, 15) is 9.59 Å². The minimum absolute atomic E-state index is 0.0441. The molecular formula is C8H12N2O3. The quantitative estimate of drug-likeness (QED) is 0.561. The van der Waals surface area contributed by atoms with Gasteiger partial charge in [0.25, 0.3) is 0 Å². The van der Waals surface area contributed by atoms with Crippen molar-refractivity contribution in [2.24, 2.45) is 0 Å². The van der Waals surface area contributed by atoms with Crippen LogP contribution in [-0.4, -0.2) is 31.0 Å². The van der Waals surface area contributed by atoms with E-state index in [-0.39, 0.29) is 25.0 Å². The number of allylic oxidation sites excluding steroid dienone is 1. The lowest BCUT2D eigenvalue weighted by molar-refractivity contribution is -0.134. The normalized spacial score (nSPS) is 21.8. The zero-order chi connectivity index (χ0) is 9.84. The number of piperazine rings is 1.